The van der Waals surface area contributed by atoms with E-state index in [1.165, 1.54) is 12.1 Å². The van der Waals surface area contributed by atoms with Crippen LogP contribution < -0.4 is 10.6 Å². The number of hydrogen-bond acceptors (Lipinski definition) is 3. The minimum atomic E-state index is -4.41. The Morgan fingerprint density at radius 2 is 2.00 bits per heavy atom. The lowest BCUT2D eigenvalue weighted by atomic mass is 10.2. The van der Waals surface area contributed by atoms with Crippen molar-refractivity contribution in [2.45, 2.75) is 37.4 Å². The largest absolute Gasteiger partial charge is 0.416 e. The van der Waals surface area contributed by atoms with Crippen LogP contribution in [0.4, 0.5) is 13.2 Å². The molecule has 0 spiro atoms. The molecule has 1 atom stereocenters. The highest BCUT2D eigenvalue weighted by molar-refractivity contribution is 8.00. The van der Waals surface area contributed by atoms with Gasteiger partial charge in [0, 0.05) is 11.4 Å². The minimum absolute atomic E-state index is 0.0628. The number of carbonyl (C=O) groups is 2. The van der Waals surface area contributed by atoms with Crippen molar-refractivity contribution in [1.82, 2.24) is 10.6 Å². The molecule has 4 nitrogen and oxygen atoms in total. The van der Waals surface area contributed by atoms with E-state index in [0.29, 0.717) is 11.4 Å². The maximum atomic E-state index is 12.6. The molecule has 1 rings (SSSR count). The Labute approximate surface area is 137 Å². The van der Waals surface area contributed by atoms with Gasteiger partial charge in [0.05, 0.1) is 11.3 Å². The lowest BCUT2D eigenvalue weighted by Gasteiger charge is -2.14. The smallest absolute Gasteiger partial charge is 0.354 e. The standard InChI is InChI=1S/C15H19F3N2O2S/c1-3-7-19-14(22)10(2)20-13(21)9-23-12-6-4-5-11(8-12)15(16,17)18/h4-6,8,10H,3,7,9H2,1-2H3,(H,19,22)(H,20,21)/t10-/m1/s1. The zero-order chi connectivity index (χ0) is 17.5. The Bertz CT molecular complexity index is 550. The van der Waals surface area contributed by atoms with Crippen LogP contribution in [0.2, 0.25) is 0 Å². The maximum absolute atomic E-state index is 12.6. The van der Waals surface area contributed by atoms with E-state index in [9.17, 15) is 22.8 Å². The van der Waals surface area contributed by atoms with E-state index >= 15 is 0 Å². The summed E-state index contributed by atoms with van der Waals surface area (Å²) in [5.74, 6) is -0.761. The summed E-state index contributed by atoms with van der Waals surface area (Å²) in [7, 11) is 0. The zero-order valence-corrected chi connectivity index (χ0v) is 13.7. The van der Waals surface area contributed by atoms with Crippen LogP contribution in [0.3, 0.4) is 0 Å². The van der Waals surface area contributed by atoms with Crippen LogP contribution >= 0.6 is 11.8 Å². The van der Waals surface area contributed by atoms with Crippen LogP contribution in [0.15, 0.2) is 29.2 Å². The highest BCUT2D eigenvalue weighted by atomic mass is 32.2. The number of rotatable bonds is 7. The van der Waals surface area contributed by atoms with Gasteiger partial charge in [0.25, 0.3) is 0 Å². The maximum Gasteiger partial charge on any atom is 0.416 e. The van der Waals surface area contributed by atoms with E-state index in [1.807, 2.05) is 6.92 Å². The fourth-order valence-electron chi connectivity index (χ4n) is 1.66. The molecule has 1 aromatic carbocycles. The lowest BCUT2D eigenvalue weighted by molar-refractivity contribution is -0.137. The van der Waals surface area contributed by atoms with Gasteiger partial charge in [-0.05, 0) is 31.5 Å². The number of benzene rings is 1. The van der Waals surface area contributed by atoms with Crippen LogP contribution in [-0.2, 0) is 15.8 Å². The fourth-order valence-corrected chi connectivity index (χ4v) is 2.43. The van der Waals surface area contributed by atoms with Gasteiger partial charge >= 0.3 is 6.18 Å². The normalized spacial score (nSPS) is 12.6. The van der Waals surface area contributed by atoms with Crippen molar-refractivity contribution in [3.05, 3.63) is 29.8 Å². The van der Waals surface area contributed by atoms with E-state index in [-0.39, 0.29) is 11.7 Å². The summed E-state index contributed by atoms with van der Waals surface area (Å²) in [6.45, 7) is 3.99. The van der Waals surface area contributed by atoms with Crippen molar-refractivity contribution >= 4 is 23.6 Å². The Morgan fingerprint density at radius 1 is 1.30 bits per heavy atom. The molecular weight excluding hydrogens is 329 g/mol. The van der Waals surface area contributed by atoms with Gasteiger partial charge < -0.3 is 10.6 Å². The zero-order valence-electron chi connectivity index (χ0n) is 12.9. The van der Waals surface area contributed by atoms with E-state index < -0.39 is 23.7 Å². The molecule has 2 N–H and O–H groups in total. The quantitative estimate of drug-likeness (QED) is 0.745. The number of amides is 2. The van der Waals surface area contributed by atoms with Crippen molar-refractivity contribution in [3.63, 3.8) is 0 Å². The van der Waals surface area contributed by atoms with Crippen LogP contribution in [0.25, 0.3) is 0 Å². The van der Waals surface area contributed by atoms with Gasteiger partial charge in [-0.15, -0.1) is 11.8 Å². The monoisotopic (exact) mass is 348 g/mol. The molecule has 8 heteroatoms. The van der Waals surface area contributed by atoms with Gasteiger partial charge in [-0.2, -0.15) is 13.2 Å². The third-order valence-corrected chi connectivity index (χ3v) is 3.85. The van der Waals surface area contributed by atoms with Gasteiger partial charge in [-0.3, -0.25) is 9.59 Å². The molecule has 0 aliphatic rings. The average Bonchev–Trinajstić information content (AvgIpc) is 2.50. The predicted molar refractivity (Wildman–Crippen MR) is 83.1 cm³/mol. The number of hydrogen-bond donors (Lipinski definition) is 2. The molecule has 0 aromatic heterocycles. The summed E-state index contributed by atoms with van der Waals surface area (Å²) >= 11 is 0.987. The molecule has 0 saturated carbocycles. The number of thioether (sulfide) groups is 1. The van der Waals surface area contributed by atoms with Gasteiger partial charge in [0.1, 0.15) is 6.04 Å². The van der Waals surface area contributed by atoms with E-state index in [4.69, 9.17) is 0 Å². The summed E-state index contributed by atoms with van der Waals surface area (Å²) in [6, 6.07) is 4.09. The average molecular weight is 348 g/mol. The van der Waals surface area contributed by atoms with Gasteiger partial charge in [-0.1, -0.05) is 13.0 Å². The van der Waals surface area contributed by atoms with Crippen molar-refractivity contribution < 1.29 is 22.8 Å². The highest BCUT2D eigenvalue weighted by Gasteiger charge is 2.30. The second kappa shape index (κ2) is 8.81. The Balaban J connectivity index is 2.49. The predicted octanol–water partition coefficient (Wildman–Crippen LogP) is 2.83. The first-order valence-electron chi connectivity index (χ1n) is 7.11. The fraction of sp³-hybridized carbons (Fsp3) is 0.467. The first-order valence-corrected chi connectivity index (χ1v) is 8.09. The molecule has 0 fully saturated rings. The molecule has 0 aliphatic carbocycles. The van der Waals surface area contributed by atoms with Crippen LogP contribution in [0, 0.1) is 0 Å². The first kappa shape index (κ1) is 19.3. The van der Waals surface area contributed by atoms with Crippen molar-refractivity contribution in [2.75, 3.05) is 12.3 Å². The molecule has 23 heavy (non-hydrogen) atoms. The summed E-state index contributed by atoms with van der Waals surface area (Å²) in [5, 5.41) is 5.16. The Kier molecular flexibility index (Phi) is 7.41. The SMILES string of the molecule is CCCNC(=O)[C@@H](C)NC(=O)CSc1cccc(C(F)(F)F)c1. The lowest BCUT2D eigenvalue weighted by Crippen LogP contribution is -2.45. The first-order chi connectivity index (χ1) is 10.7. The van der Waals surface area contributed by atoms with Gasteiger partial charge in [0.2, 0.25) is 11.8 Å². The summed E-state index contributed by atoms with van der Waals surface area (Å²) in [4.78, 5) is 23.7. The molecule has 128 valence electrons. The van der Waals surface area contributed by atoms with Crippen molar-refractivity contribution in [1.29, 1.82) is 0 Å². The number of nitrogens with one attached hydrogen (secondary N) is 2. The van der Waals surface area contributed by atoms with E-state index in [2.05, 4.69) is 10.6 Å². The Morgan fingerprint density at radius 3 is 2.61 bits per heavy atom. The molecule has 0 radical (unpaired) electrons. The second-order valence-electron chi connectivity index (χ2n) is 4.89. The minimum Gasteiger partial charge on any atom is -0.354 e. The van der Waals surface area contributed by atoms with E-state index in [0.717, 1.165) is 30.3 Å². The summed E-state index contributed by atoms with van der Waals surface area (Å²) in [5.41, 5.74) is -0.754. The van der Waals surface area contributed by atoms with Crippen LogP contribution in [-0.4, -0.2) is 30.2 Å². The third-order valence-electron chi connectivity index (χ3n) is 2.85. The molecule has 0 heterocycles. The van der Waals surface area contributed by atoms with Crippen molar-refractivity contribution in [2.24, 2.45) is 0 Å². The number of halogens is 3. The van der Waals surface area contributed by atoms with Crippen molar-refractivity contribution in [3.8, 4) is 0 Å². The molecule has 1 aromatic rings. The topological polar surface area (TPSA) is 58.2 Å². The van der Waals surface area contributed by atoms with Crippen LogP contribution in [0.1, 0.15) is 25.8 Å². The van der Waals surface area contributed by atoms with Crippen LogP contribution in [0.5, 0.6) is 0 Å². The number of carbonyl (C=O) groups excluding carboxylic acids is 2. The Hall–Kier alpha value is -1.70. The number of alkyl halides is 3. The molecule has 2 amide bonds. The molecule has 0 bridgehead atoms. The molecule has 0 unspecified atom stereocenters. The molecule has 0 saturated heterocycles. The van der Waals surface area contributed by atoms with Gasteiger partial charge in [-0.25, -0.2) is 0 Å². The molecular formula is C15H19F3N2O2S. The summed E-state index contributed by atoms with van der Waals surface area (Å²) < 4.78 is 37.8. The summed E-state index contributed by atoms with van der Waals surface area (Å²) in [6.07, 6.45) is -3.62. The third kappa shape index (κ3) is 6.94. The molecule has 0 aliphatic heterocycles. The highest BCUT2D eigenvalue weighted by Crippen LogP contribution is 2.31. The second-order valence-corrected chi connectivity index (χ2v) is 5.94. The van der Waals surface area contributed by atoms with E-state index in [1.54, 1.807) is 6.92 Å². The van der Waals surface area contributed by atoms with Gasteiger partial charge in [0.15, 0.2) is 0 Å².